The molecule has 19 heavy (non-hydrogen) atoms. The van der Waals surface area contributed by atoms with Gasteiger partial charge in [0.25, 0.3) is 0 Å². The number of nitrogen functional groups attached to an aromatic ring is 1. The number of rotatable bonds is 6. The van der Waals surface area contributed by atoms with Gasteiger partial charge in [-0.15, -0.1) is 11.8 Å². The molecule has 0 spiro atoms. The summed E-state index contributed by atoms with van der Waals surface area (Å²) in [6, 6.07) is 4.05. The van der Waals surface area contributed by atoms with E-state index in [1.54, 1.807) is 6.92 Å². The first-order valence-corrected chi connectivity index (χ1v) is 7.07. The number of aliphatic hydroxyl groups excluding tert-OH is 1. The number of anilines is 2. The van der Waals surface area contributed by atoms with Crippen LogP contribution in [-0.4, -0.2) is 28.6 Å². The Balaban J connectivity index is 2.56. The summed E-state index contributed by atoms with van der Waals surface area (Å²) in [6.45, 7) is 3.73. The summed E-state index contributed by atoms with van der Waals surface area (Å²) in [5.74, 6) is 0.0114. The molecule has 0 aromatic heterocycles. The second-order valence-corrected chi connectivity index (χ2v) is 5.87. The van der Waals surface area contributed by atoms with Gasteiger partial charge in [0.05, 0.1) is 10.9 Å². The van der Waals surface area contributed by atoms with Crippen molar-refractivity contribution in [2.24, 2.45) is 5.92 Å². The van der Waals surface area contributed by atoms with E-state index in [0.29, 0.717) is 11.4 Å². The molecule has 1 amide bonds. The van der Waals surface area contributed by atoms with Gasteiger partial charge < -0.3 is 16.2 Å². The zero-order valence-electron chi connectivity index (χ0n) is 11.0. The number of hydrogen-bond donors (Lipinski definition) is 3. The largest absolute Gasteiger partial charge is 0.399 e. The van der Waals surface area contributed by atoms with Crippen LogP contribution in [0.4, 0.5) is 15.8 Å². The molecule has 0 saturated heterocycles. The number of thioether (sulfide) groups is 1. The monoisotopic (exact) mass is 286 g/mol. The van der Waals surface area contributed by atoms with Crippen molar-refractivity contribution in [1.82, 2.24) is 0 Å². The highest BCUT2D eigenvalue weighted by Crippen LogP contribution is 2.20. The molecule has 0 radical (unpaired) electrons. The van der Waals surface area contributed by atoms with Crippen LogP contribution in [0.3, 0.4) is 0 Å². The molecule has 0 fully saturated rings. The third-order valence-electron chi connectivity index (χ3n) is 2.56. The second kappa shape index (κ2) is 7.35. The Kier molecular flexibility index (Phi) is 6.11. The van der Waals surface area contributed by atoms with Crippen molar-refractivity contribution in [3.8, 4) is 0 Å². The summed E-state index contributed by atoms with van der Waals surface area (Å²) in [4.78, 5) is 11.9. The van der Waals surface area contributed by atoms with Crippen molar-refractivity contribution in [2.75, 3.05) is 23.4 Å². The Morgan fingerprint density at radius 3 is 2.84 bits per heavy atom. The van der Waals surface area contributed by atoms with E-state index in [1.165, 1.54) is 30.0 Å². The van der Waals surface area contributed by atoms with Crippen molar-refractivity contribution in [1.29, 1.82) is 0 Å². The summed E-state index contributed by atoms with van der Waals surface area (Å²) < 4.78 is 13.5. The number of halogens is 1. The van der Waals surface area contributed by atoms with E-state index >= 15 is 0 Å². The molecule has 0 heterocycles. The highest BCUT2D eigenvalue weighted by molar-refractivity contribution is 8.00. The fraction of sp³-hybridized carbons (Fsp3) is 0.462. The minimum absolute atomic E-state index is 0.0885. The van der Waals surface area contributed by atoms with E-state index in [0.717, 1.165) is 0 Å². The van der Waals surface area contributed by atoms with Crippen LogP contribution < -0.4 is 11.1 Å². The maximum Gasteiger partial charge on any atom is 0.237 e. The van der Waals surface area contributed by atoms with Crippen molar-refractivity contribution >= 4 is 29.0 Å². The molecule has 0 bridgehead atoms. The molecule has 4 N–H and O–H groups in total. The molecule has 2 unspecified atom stereocenters. The maximum atomic E-state index is 13.5. The van der Waals surface area contributed by atoms with Gasteiger partial charge >= 0.3 is 0 Å². The third-order valence-corrected chi connectivity index (χ3v) is 4.04. The Morgan fingerprint density at radius 1 is 1.53 bits per heavy atom. The SMILES string of the molecule is CC(CO)CSC(C)C(=O)Nc1cc(N)ccc1F. The normalized spacial score (nSPS) is 13.9. The van der Waals surface area contributed by atoms with Gasteiger partial charge in [-0.1, -0.05) is 6.92 Å². The topological polar surface area (TPSA) is 75.3 Å². The molecular weight excluding hydrogens is 267 g/mol. The van der Waals surface area contributed by atoms with Crippen molar-refractivity contribution in [2.45, 2.75) is 19.1 Å². The van der Waals surface area contributed by atoms with E-state index < -0.39 is 5.82 Å². The average Bonchev–Trinajstić information content (AvgIpc) is 2.39. The predicted molar refractivity (Wildman–Crippen MR) is 77.6 cm³/mol. The van der Waals surface area contributed by atoms with Gasteiger partial charge in [-0.25, -0.2) is 4.39 Å². The lowest BCUT2D eigenvalue weighted by Gasteiger charge is -2.14. The Labute approximate surface area is 116 Å². The highest BCUT2D eigenvalue weighted by Gasteiger charge is 2.16. The van der Waals surface area contributed by atoms with Crippen molar-refractivity contribution in [3.05, 3.63) is 24.0 Å². The zero-order chi connectivity index (χ0) is 14.4. The minimum atomic E-state index is -0.511. The Hall–Kier alpha value is -1.27. The van der Waals surface area contributed by atoms with Gasteiger partial charge in [-0.05, 0) is 36.8 Å². The lowest BCUT2D eigenvalue weighted by atomic mass is 10.2. The van der Waals surface area contributed by atoms with Crippen LogP contribution in [0.5, 0.6) is 0 Å². The van der Waals surface area contributed by atoms with E-state index in [1.807, 2.05) is 6.92 Å². The van der Waals surface area contributed by atoms with Gasteiger partial charge in [0, 0.05) is 12.3 Å². The van der Waals surface area contributed by atoms with Crippen LogP contribution in [0, 0.1) is 11.7 Å². The maximum absolute atomic E-state index is 13.5. The molecule has 0 saturated carbocycles. The summed E-state index contributed by atoms with van der Waals surface area (Å²) in [5.41, 5.74) is 6.03. The number of nitrogens with two attached hydrogens (primary N) is 1. The van der Waals surface area contributed by atoms with Crippen molar-refractivity contribution < 1.29 is 14.3 Å². The molecule has 2 atom stereocenters. The molecule has 6 heteroatoms. The fourth-order valence-corrected chi connectivity index (χ4v) is 2.24. The number of amides is 1. The van der Waals surface area contributed by atoms with E-state index in [2.05, 4.69) is 5.32 Å². The molecular formula is C13H19FN2O2S. The third kappa shape index (κ3) is 5.08. The van der Waals surface area contributed by atoms with E-state index in [-0.39, 0.29) is 29.4 Å². The van der Waals surface area contributed by atoms with Gasteiger partial charge in [-0.2, -0.15) is 0 Å². The van der Waals surface area contributed by atoms with Gasteiger partial charge in [-0.3, -0.25) is 4.79 Å². The molecule has 4 nitrogen and oxygen atoms in total. The molecule has 1 aromatic rings. The van der Waals surface area contributed by atoms with Crippen LogP contribution in [0.2, 0.25) is 0 Å². The van der Waals surface area contributed by atoms with Gasteiger partial charge in [0.2, 0.25) is 5.91 Å². The van der Waals surface area contributed by atoms with Gasteiger partial charge in [0.15, 0.2) is 0 Å². The zero-order valence-corrected chi connectivity index (χ0v) is 11.8. The first-order valence-electron chi connectivity index (χ1n) is 6.02. The molecule has 0 aliphatic heterocycles. The molecule has 0 aliphatic rings. The number of hydrogen-bond acceptors (Lipinski definition) is 4. The molecule has 106 valence electrons. The fourth-order valence-electron chi connectivity index (χ4n) is 1.31. The summed E-state index contributed by atoms with van der Waals surface area (Å²) >= 11 is 1.42. The van der Waals surface area contributed by atoms with Gasteiger partial charge in [0.1, 0.15) is 5.82 Å². The number of nitrogens with one attached hydrogen (secondary N) is 1. The highest BCUT2D eigenvalue weighted by atomic mass is 32.2. The smallest absolute Gasteiger partial charge is 0.237 e. The number of carbonyl (C=O) groups excluding carboxylic acids is 1. The molecule has 1 aromatic carbocycles. The summed E-state index contributed by atoms with van der Waals surface area (Å²) in [7, 11) is 0. The predicted octanol–water partition coefficient (Wildman–Crippen LogP) is 2.10. The average molecular weight is 286 g/mol. The molecule has 1 rings (SSSR count). The lowest BCUT2D eigenvalue weighted by Crippen LogP contribution is -2.24. The first-order chi connectivity index (χ1) is 8.93. The van der Waals surface area contributed by atoms with E-state index in [4.69, 9.17) is 10.8 Å². The van der Waals surface area contributed by atoms with Crippen LogP contribution in [-0.2, 0) is 4.79 Å². The lowest BCUT2D eigenvalue weighted by molar-refractivity contribution is -0.115. The quantitative estimate of drug-likeness (QED) is 0.700. The van der Waals surface area contributed by atoms with Crippen LogP contribution in [0.1, 0.15) is 13.8 Å². The Bertz CT molecular complexity index is 443. The minimum Gasteiger partial charge on any atom is -0.399 e. The van der Waals surface area contributed by atoms with Crippen LogP contribution >= 0.6 is 11.8 Å². The van der Waals surface area contributed by atoms with Crippen LogP contribution in [0.25, 0.3) is 0 Å². The Morgan fingerprint density at radius 2 is 2.21 bits per heavy atom. The van der Waals surface area contributed by atoms with Crippen LogP contribution in [0.15, 0.2) is 18.2 Å². The first kappa shape index (κ1) is 15.8. The summed E-state index contributed by atoms with van der Waals surface area (Å²) in [6.07, 6.45) is 0. The number of aliphatic hydroxyl groups is 1. The standard InChI is InChI=1S/C13H19FN2O2S/c1-8(6-17)7-19-9(2)13(18)16-12-5-10(15)3-4-11(12)14/h3-5,8-9,17H,6-7,15H2,1-2H3,(H,16,18). The number of benzene rings is 1. The van der Waals surface area contributed by atoms with E-state index in [9.17, 15) is 9.18 Å². The second-order valence-electron chi connectivity index (χ2n) is 4.49. The van der Waals surface area contributed by atoms with Crippen molar-refractivity contribution in [3.63, 3.8) is 0 Å². The molecule has 0 aliphatic carbocycles. The summed E-state index contributed by atoms with van der Waals surface area (Å²) in [5, 5.41) is 11.1. The number of carbonyl (C=O) groups is 1.